The lowest BCUT2D eigenvalue weighted by Gasteiger charge is -2.57. The molecule has 0 aromatic heterocycles. The van der Waals surface area contributed by atoms with Crippen LogP contribution >= 0.6 is 0 Å². The summed E-state index contributed by atoms with van der Waals surface area (Å²) in [5.41, 5.74) is 4.19. The molecule has 4 bridgehead atoms. The van der Waals surface area contributed by atoms with Crippen LogP contribution in [0.1, 0.15) is 45.4 Å². The molecule has 0 heterocycles. The van der Waals surface area contributed by atoms with E-state index in [1.54, 1.807) is 0 Å². The SMILES string of the molecule is COC(=O)C(C)(N)C(=O)C12CC3CC(CC(C3)C1)C2. The number of hydrogen-bond donors (Lipinski definition) is 1. The van der Waals surface area contributed by atoms with Gasteiger partial charge in [-0.05, 0) is 63.2 Å². The van der Waals surface area contributed by atoms with Gasteiger partial charge in [0.1, 0.15) is 0 Å². The largest absolute Gasteiger partial charge is 0.467 e. The van der Waals surface area contributed by atoms with E-state index in [4.69, 9.17) is 10.5 Å². The number of carbonyl (C=O) groups excluding carboxylic acids is 2. The Balaban J connectivity index is 1.89. The molecule has 0 saturated heterocycles. The van der Waals surface area contributed by atoms with E-state index < -0.39 is 11.5 Å². The average molecular weight is 265 g/mol. The van der Waals surface area contributed by atoms with E-state index in [2.05, 4.69) is 0 Å². The lowest BCUT2D eigenvalue weighted by atomic mass is 9.47. The molecule has 4 fully saturated rings. The lowest BCUT2D eigenvalue weighted by molar-refractivity contribution is -0.161. The zero-order chi connectivity index (χ0) is 13.8. The van der Waals surface area contributed by atoms with Gasteiger partial charge >= 0.3 is 5.97 Å². The Morgan fingerprint density at radius 2 is 1.53 bits per heavy atom. The summed E-state index contributed by atoms with van der Waals surface area (Å²) in [6.07, 6.45) is 6.61. The van der Waals surface area contributed by atoms with Gasteiger partial charge in [-0.15, -0.1) is 0 Å². The number of ether oxygens (including phenoxy) is 1. The summed E-state index contributed by atoms with van der Waals surface area (Å²) in [6.45, 7) is 1.51. The normalized spacial score (nSPS) is 42.8. The third kappa shape index (κ3) is 1.83. The van der Waals surface area contributed by atoms with Crippen LogP contribution in [0, 0.1) is 23.2 Å². The molecule has 0 aliphatic heterocycles. The minimum atomic E-state index is -1.49. The van der Waals surface area contributed by atoms with Gasteiger partial charge in [-0.2, -0.15) is 0 Å². The highest BCUT2D eigenvalue weighted by Gasteiger charge is 2.59. The molecule has 4 aliphatic carbocycles. The first-order valence-electron chi connectivity index (χ1n) is 7.29. The predicted molar refractivity (Wildman–Crippen MR) is 70.2 cm³/mol. The second kappa shape index (κ2) is 4.05. The van der Waals surface area contributed by atoms with Crippen molar-refractivity contribution in [3.63, 3.8) is 0 Å². The van der Waals surface area contributed by atoms with E-state index >= 15 is 0 Å². The molecule has 2 N–H and O–H groups in total. The van der Waals surface area contributed by atoms with Crippen molar-refractivity contribution in [1.82, 2.24) is 0 Å². The second-order valence-corrected chi connectivity index (χ2v) is 7.22. The number of nitrogens with two attached hydrogens (primary N) is 1. The van der Waals surface area contributed by atoms with Crippen molar-refractivity contribution < 1.29 is 14.3 Å². The summed E-state index contributed by atoms with van der Waals surface area (Å²) in [4.78, 5) is 24.7. The van der Waals surface area contributed by atoms with Crippen molar-refractivity contribution in [2.45, 2.75) is 51.0 Å². The molecule has 0 radical (unpaired) electrons. The van der Waals surface area contributed by atoms with Gasteiger partial charge in [0.15, 0.2) is 11.3 Å². The molecular weight excluding hydrogens is 242 g/mol. The maximum absolute atomic E-state index is 12.9. The molecular formula is C15H23NO3. The molecule has 4 saturated carbocycles. The van der Waals surface area contributed by atoms with Crippen LogP contribution in [0.4, 0.5) is 0 Å². The topological polar surface area (TPSA) is 69.4 Å². The molecule has 4 nitrogen and oxygen atoms in total. The molecule has 0 aromatic carbocycles. The van der Waals surface area contributed by atoms with Gasteiger partial charge in [-0.25, -0.2) is 4.79 Å². The van der Waals surface area contributed by atoms with E-state index in [-0.39, 0.29) is 11.2 Å². The molecule has 4 aliphatic rings. The maximum atomic E-state index is 12.9. The third-order valence-corrected chi connectivity index (χ3v) is 5.60. The predicted octanol–water partition coefficient (Wildman–Crippen LogP) is 1.66. The van der Waals surface area contributed by atoms with Gasteiger partial charge in [0.2, 0.25) is 0 Å². The minimum Gasteiger partial charge on any atom is -0.467 e. The van der Waals surface area contributed by atoms with Crippen molar-refractivity contribution in [2.75, 3.05) is 7.11 Å². The van der Waals surface area contributed by atoms with Crippen molar-refractivity contribution in [2.24, 2.45) is 28.9 Å². The molecule has 0 spiro atoms. The minimum absolute atomic E-state index is 0.0778. The van der Waals surface area contributed by atoms with Gasteiger partial charge in [0.25, 0.3) is 0 Å². The highest BCUT2D eigenvalue weighted by atomic mass is 16.5. The van der Waals surface area contributed by atoms with Crippen LogP contribution in [0.3, 0.4) is 0 Å². The smallest absolute Gasteiger partial charge is 0.333 e. The van der Waals surface area contributed by atoms with Crippen LogP contribution in [0.5, 0.6) is 0 Å². The van der Waals surface area contributed by atoms with E-state index in [1.165, 1.54) is 33.3 Å². The number of Topliss-reactive ketones (excluding diaryl/α,β-unsaturated/α-hetero) is 1. The van der Waals surface area contributed by atoms with Crippen LogP contribution < -0.4 is 5.73 Å². The summed E-state index contributed by atoms with van der Waals surface area (Å²) < 4.78 is 4.71. The fourth-order valence-electron chi connectivity index (χ4n) is 5.24. The Kier molecular flexibility index (Phi) is 2.79. The standard InChI is InChI=1S/C15H23NO3/c1-14(16,13(18)19-2)12(17)15-6-9-3-10(7-15)5-11(4-9)8-15/h9-11H,3-8,16H2,1-2H3. The fourth-order valence-corrected chi connectivity index (χ4v) is 5.24. The molecule has 4 heteroatoms. The zero-order valence-electron chi connectivity index (χ0n) is 11.8. The van der Waals surface area contributed by atoms with Gasteiger partial charge in [-0.3, -0.25) is 4.79 Å². The molecule has 19 heavy (non-hydrogen) atoms. The first-order chi connectivity index (χ1) is 8.87. The number of ketones is 1. The maximum Gasteiger partial charge on any atom is 0.333 e. The summed E-state index contributed by atoms with van der Waals surface area (Å²) in [5, 5.41) is 0. The summed E-state index contributed by atoms with van der Waals surface area (Å²) in [6, 6.07) is 0. The monoisotopic (exact) mass is 265 g/mol. The van der Waals surface area contributed by atoms with Crippen LogP contribution in [0.2, 0.25) is 0 Å². The van der Waals surface area contributed by atoms with Gasteiger partial charge in [0, 0.05) is 5.41 Å². The molecule has 1 atom stereocenters. The lowest BCUT2D eigenvalue weighted by Crippen LogP contribution is -2.62. The highest BCUT2D eigenvalue weighted by Crippen LogP contribution is 2.61. The van der Waals surface area contributed by atoms with Gasteiger partial charge in [-0.1, -0.05) is 0 Å². The van der Waals surface area contributed by atoms with E-state index in [9.17, 15) is 9.59 Å². The average Bonchev–Trinajstić information content (AvgIpc) is 2.35. The molecule has 106 valence electrons. The van der Waals surface area contributed by atoms with Crippen LogP contribution in [0.25, 0.3) is 0 Å². The highest BCUT2D eigenvalue weighted by molar-refractivity contribution is 6.10. The van der Waals surface area contributed by atoms with Crippen molar-refractivity contribution >= 4 is 11.8 Å². The van der Waals surface area contributed by atoms with E-state index in [1.807, 2.05) is 0 Å². The quantitative estimate of drug-likeness (QED) is 0.622. The molecule has 4 rings (SSSR count). The summed E-state index contributed by atoms with van der Waals surface area (Å²) >= 11 is 0. The van der Waals surface area contributed by atoms with Crippen LogP contribution in [-0.4, -0.2) is 24.4 Å². The Morgan fingerprint density at radius 1 is 1.11 bits per heavy atom. The molecule has 1 unspecified atom stereocenters. The Bertz CT molecular complexity index is 392. The van der Waals surface area contributed by atoms with Gasteiger partial charge < -0.3 is 10.5 Å². The van der Waals surface area contributed by atoms with Gasteiger partial charge in [0.05, 0.1) is 7.11 Å². The van der Waals surface area contributed by atoms with Crippen molar-refractivity contribution in [3.05, 3.63) is 0 Å². The van der Waals surface area contributed by atoms with Crippen molar-refractivity contribution in [3.8, 4) is 0 Å². The molecule has 0 amide bonds. The van der Waals surface area contributed by atoms with E-state index in [0.717, 1.165) is 19.3 Å². The van der Waals surface area contributed by atoms with Crippen LogP contribution in [-0.2, 0) is 14.3 Å². The summed E-state index contributed by atoms with van der Waals surface area (Å²) in [7, 11) is 1.29. The summed E-state index contributed by atoms with van der Waals surface area (Å²) in [5.74, 6) is 1.33. The third-order valence-electron chi connectivity index (χ3n) is 5.60. The first kappa shape index (κ1) is 13.1. The number of rotatable bonds is 3. The number of carbonyl (C=O) groups is 2. The second-order valence-electron chi connectivity index (χ2n) is 7.22. The number of esters is 1. The van der Waals surface area contributed by atoms with E-state index in [0.29, 0.717) is 17.8 Å². The fraction of sp³-hybridized carbons (Fsp3) is 0.867. The van der Waals surface area contributed by atoms with Crippen LogP contribution in [0.15, 0.2) is 0 Å². The Hall–Kier alpha value is -0.900. The first-order valence-corrected chi connectivity index (χ1v) is 7.29. The Morgan fingerprint density at radius 3 is 1.89 bits per heavy atom. The Labute approximate surface area is 114 Å². The van der Waals surface area contributed by atoms with Crippen molar-refractivity contribution in [1.29, 1.82) is 0 Å². The number of methoxy groups -OCH3 is 1. The molecule has 0 aromatic rings. The zero-order valence-corrected chi connectivity index (χ0v) is 11.8. The number of hydrogen-bond acceptors (Lipinski definition) is 4.